The van der Waals surface area contributed by atoms with E-state index in [0.717, 1.165) is 63.2 Å². The third-order valence-electron chi connectivity index (χ3n) is 6.49. The Kier molecular flexibility index (Phi) is 5.46. The number of benzene rings is 2. The number of hydrogen-bond acceptors (Lipinski definition) is 3. The maximum Gasteiger partial charge on any atom is 0.126 e. The molecule has 0 spiro atoms. The van der Waals surface area contributed by atoms with Crippen LogP contribution in [-0.2, 0) is 5.54 Å². The lowest BCUT2D eigenvalue weighted by Gasteiger charge is -2.50. The maximum absolute atomic E-state index is 14.3. The van der Waals surface area contributed by atoms with Crippen molar-refractivity contribution in [1.82, 2.24) is 10.2 Å². The summed E-state index contributed by atoms with van der Waals surface area (Å²) < 4.78 is 19.8. The van der Waals surface area contributed by atoms with Crippen LogP contribution in [0.3, 0.4) is 0 Å². The summed E-state index contributed by atoms with van der Waals surface area (Å²) in [4.78, 5) is 2.65. The smallest absolute Gasteiger partial charge is 0.126 e. The molecule has 4 rings (SSSR count). The molecule has 0 radical (unpaired) electrons. The van der Waals surface area contributed by atoms with E-state index in [0.29, 0.717) is 5.92 Å². The van der Waals surface area contributed by atoms with E-state index < -0.39 is 0 Å². The molecule has 0 aromatic heterocycles. The lowest BCUT2D eigenvalue weighted by atomic mass is 9.69. The van der Waals surface area contributed by atoms with E-state index >= 15 is 0 Å². The van der Waals surface area contributed by atoms with Crippen molar-refractivity contribution in [1.29, 1.82) is 0 Å². The summed E-state index contributed by atoms with van der Waals surface area (Å²) in [6.45, 7) is 4.17. The summed E-state index contributed by atoms with van der Waals surface area (Å²) in [5.41, 5.74) is 2.26. The first kappa shape index (κ1) is 18.5. The van der Waals surface area contributed by atoms with Gasteiger partial charge in [0.2, 0.25) is 0 Å². The zero-order valence-electron chi connectivity index (χ0n) is 16.1. The first-order valence-corrected chi connectivity index (χ1v) is 10.1. The van der Waals surface area contributed by atoms with Gasteiger partial charge in [0.05, 0.1) is 7.11 Å². The van der Waals surface area contributed by atoms with Gasteiger partial charge in [-0.3, -0.25) is 4.90 Å². The van der Waals surface area contributed by atoms with Crippen LogP contribution in [0, 0.1) is 5.82 Å². The highest BCUT2D eigenvalue weighted by molar-refractivity contribution is 5.35. The van der Waals surface area contributed by atoms with E-state index in [-0.39, 0.29) is 11.4 Å². The second-order valence-electron chi connectivity index (χ2n) is 7.80. The van der Waals surface area contributed by atoms with Gasteiger partial charge in [0.25, 0.3) is 0 Å². The van der Waals surface area contributed by atoms with Crippen molar-refractivity contribution in [2.24, 2.45) is 0 Å². The number of ether oxygens (including phenoxy) is 1. The van der Waals surface area contributed by atoms with Gasteiger partial charge in [0.1, 0.15) is 11.6 Å². The maximum atomic E-state index is 14.3. The van der Waals surface area contributed by atoms with E-state index in [4.69, 9.17) is 4.74 Å². The van der Waals surface area contributed by atoms with Crippen molar-refractivity contribution in [3.8, 4) is 5.75 Å². The molecule has 0 amide bonds. The summed E-state index contributed by atoms with van der Waals surface area (Å²) in [7, 11) is 1.73. The van der Waals surface area contributed by atoms with Gasteiger partial charge in [-0.25, -0.2) is 4.39 Å². The molecule has 4 heteroatoms. The number of piperazine rings is 1. The van der Waals surface area contributed by atoms with E-state index in [1.807, 2.05) is 18.2 Å². The van der Waals surface area contributed by atoms with Crippen molar-refractivity contribution < 1.29 is 9.13 Å². The van der Waals surface area contributed by atoms with E-state index in [9.17, 15) is 4.39 Å². The van der Waals surface area contributed by atoms with Crippen molar-refractivity contribution >= 4 is 0 Å². The fourth-order valence-electron chi connectivity index (χ4n) is 5.01. The Labute approximate surface area is 161 Å². The molecule has 2 aliphatic rings. The Hall–Kier alpha value is -1.91. The predicted octanol–water partition coefficient (Wildman–Crippen LogP) is 4.29. The first-order valence-electron chi connectivity index (χ1n) is 10.1. The summed E-state index contributed by atoms with van der Waals surface area (Å²) in [5.74, 6) is 1.17. The highest BCUT2D eigenvalue weighted by Gasteiger charge is 2.42. The highest BCUT2D eigenvalue weighted by Crippen LogP contribution is 2.48. The Morgan fingerprint density at radius 1 is 1.04 bits per heavy atom. The Morgan fingerprint density at radius 2 is 1.78 bits per heavy atom. The molecule has 27 heavy (non-hydrogen) atoms. The van der Waals surface area contributed by atoms with Crippen molar-refractivity contribution in [2.75, 3.05) is 33.3 Å². The van der Waals surface area contributed by atoms with Gasteiger partial charge in [0.15, 0.2) is 0 Å². The highest BCUT2D eigenvalue weighted by atomic mass is 19.1. The number of hydrogen-bond donors (Lipinski definition) is 1. The van der Waals surface area contributed by atoms with Gasteiger partial charge >= 0.3 is 0 Å². The average Bonchev–Trinajstić information content (AvgIpc) is 2.75. The van der Waals surface area contributed by atoms with Crippen LogP contribution >= 0.6 is 0 Å². The number of halogens is 1. The summed E-state index contributed by atoms with van der Waals surface area (Å²) >= 11 is 0. The van der Waals surface area contributed by atoms with Crippen molar-refractivity contribution in [3.63, 3.8) is 0 Å². The number of nitrogens with zero attached hydrogens (tertiary/aromatic N) is 1. The van der Waals surface area contributed by atoms with E-state index in [2.05, 4.69) is 28.4 Å². The summed E-state index contributed by atoms with van der Waals surface area (Å²) in [5, 5.41) is 3.47. The molecule has 2 aromatic rings. The number of nitrogens with one attached hydrogen (secondary N) is 1. The largest absolute Gasteiger partial charge is 0.497 e. The van der Waals surface area contributed by atoms with Gasteiger partial charge in [-0.2, -0.15) is 0 Å². The molecule has 1 aliphatic heterocycles. The van der Waals surface area contributed by atoms with Gasteiger partial charge in [-0.1, -0.05) is 30.3 Å². The molecule has 2 fully saturated rings. The lowest BCUT2D eigenvalue weighted by Crippen LogP contribution is -2.55. The second kappa shape index (κ2) is 7.99. The zero-order valence-corrected chi connectivity index (χ0v) is 16.1. The molecule has 1 saturated carbocycles. The van der Waals surface area contributed by atoms with Crippen LogP contribution in [0.4, 0.5) is 4.39 Å². The zero-order chi connectivity index (χ0) is 18.7. The van der Waals surface area contributed by atoms with Gasteiger partial charge < -0.3 is 10.1 Å². The lowest BCUT2D eigenvalue weighted by molar-refractivity contribution is 0.0308. The molecule has 1 saturated heterocycles. The van der Waals surface area contributed by atoms with Crippen LogP contribution in [0.2, 0.25) is 0 Å². The molecule has 0 bridgehead atoms. The van der Waals surface area contributed by atoms with Crippen LogP contribution in [0.5, 0.6) is 5.75 Å². The Morgan fingerprint density at radius 3 is 2.48 bits per heavy atom. The molecular weight excluding hydrogens is 339 g/mol. The standard InChI is InChI=1S/C23H29FN2O/c1-27-20-6-4-5-19(17-20)23(26-15-13-25-14-16-26)11-9-18(10-12-23)21-7-2-3-8-22(21)24/h2-8,17-18,25H,9-16H2,1H3. The van der Waals surface area contributed by atoms with Gasteiger partial charge in [-0.05, 0) is 60.9 Å². The topological polar surface area (TPSA) is 24.5 Å². The quantitative estimate of drug-likeness (QED) is 0.871. The first-order chi connectivity index (χ1) is 13.2. The molecule has 1 heterocycles. The van der Waals surface area contributed by atoms with E-state index in [1.54, 1.807) is 19.2 Å². The molecule has 1 aliphatic carbocycles. The molecule has 2 aromatic carbocycles. The average molecular weight is 368 g/mol. The SMILES string of the molecule is COc1cccc(C2(N3CCNCC3)CCC(c3ccccc3F)CC2)c1. The molecule has 0 atom stereocenters. The minimum absolute atomic E-state index is 0.0262. The van der Waals surface area contributed by atoms with Crippen LogP contribution in [0.25, 0.3) is 0 Å². The second-order valence-corrected chi connectivity index (χ2v) is 7.80. The van der Waals surface area contributed by atoms with Crippen molar-refractivity contribution in [2.45, 2.75) is 37.1 Å². The van der Waals surface area contributed by atoms with Crippen LogP contribution in [0.15, 0.2) is 48.5 Å². The van der Waals surface area contributed by atoms with Gasteiger partial charge in [0, 0.05) is 31.7 Å². The van der Waals surface area contributed by atoms with Crippen LogP contribution < -0.4 is 10.1 Å². The molecule has 144 valence electrons. The fourth-order valence-corrected chi connectivity index (χ4v) is 5.01. The number of methoxy groups -OCH3 is 1. The normalized spacial score (nSPS) is 26.7. The monoisotopic (exact) mass is 368 g/mol. The van der Waals surface area contributed by atoms with Crippen molar-refractivity contribution in [3.05, 3.63) is 65.5 Å². The summed E-state index contributed by atoms with van der Waals surface area (Å²) in [6, 6.07) is 15.8. The van der Waals surface area contributed by atoms with Gasteiger partial charge in [-0.15, -0.1) is 0 Å². The molecule has 3 nitrogen and oxygen atoms in total. The van der Waals surface area contributed by atoms with E-state index in [1.165, 1.54) is 5.56 Å². The minimum Gasteiger partial charge on any atom is -0.497 e. The molecular formula is C23H29FN2O. The third kappa shape index (κ3) is 3.61. The third-order valence-corrected chi connectivity index (χ3v) is 6.49. The number of rotatable bonds is 4. The van der Waals surface area contributed by atoms with Crippen LogP contribution in [0.1, 0.15) is 42.7 Å². The summed E-state index contributed by atoms with van der Waals surface area (Å²) in [6.07, 6.45) is 4.14. The molecule has 1 N–H and O–H groups in total. The minimum atomic E-state index is -0.0569. The Bertz CT molecular complexity index is 764. The van der Waals surface area contributed by atoms with Crippen LogP contribution in [-0.4, -0.2) is 38.2 Å². The molecule has 0 unspecified atom stereocenters. The fraction of sp³-hybridized carbons (Fsp3) is 0.478. The predicted molar refractivity (Wildman–Crippen MR) is 107 cm³/mol. The Balaban J connectivity index is 1.63.